The fraction of sp³-hybridized carbons (Fsp3) is 0.143. The second-order valence-electron chi connectivity index (χ2n) is 6.70. The van der Waals surface area contributed by atoms with E-state index in [9.17, 15) is 18.0 Å². The van der Waals surface area contributed by atoms with Crippen molar-refractivity contribution >= 4 is 33.3 Å². The van der Waals surface area contributed by atoms with Gasteiger partial charge in [-0.1, -0.05) is 0 Å². The molecule has 1 aromatic carbocycles. The highest BCUT2D eigenvalue weighted by molar-refractivity contribution is 9.10. The first kappa shape index (κ1) is 22.5. The molecular weight excluding hydrogens is 507 g/mol. The Morgan fingerprint density at radius 2 is 1.82 bits per heavy atom. The number of amides is 1. The standard InChI is InChI=1S/C21H15BrF3N5O3/c1-32-15-5-3-11(7-16(15)33-2)14-8-17(21(23,24)25)30-19(28-14)13(10-27-30)20(31)29-18-6-4-12(22)9-26-18/h3-10H,1-2H3,(H,26,29,31). The normalized spacial score (nSPS) is 11.5. The Hall–Kier alpha value is -3.67. The predicted molar refractivity (Wildman–Crippen MR) is 116 cm³/mol. The van der Waals surface area contributed by atoms with Gasteiger partial charge in [0.2, 0.25) is 0 Å². The summed E-state index contributed by atoms with van der Waals surface area (Å²) >= 11 is 3.24. The summed E-state index contributed by atoms with van der Waals surface area (Å²) in [7, 11) is 2.86. The zero-order valence-corrected chi connectivity index (χ0v) is 18.7. The van der Waals surface area contributed by atoms with Gasteiger partial charge in [-0.15, -0.1) is 0 Å². The molecule has 170 valence electrons. The number of carbonyl (C=O) groups is 1. The molecule has 3 heterocycles. The maximum Gasteiger partial charge on any atom is 0.433 e. The monoisotopic (exact) mass is 521 g/mol. The fourth-order valence-corrected chi connectivity index (χ4v) is 3.34. The maximum atomic E-state index is 13.8. The van der Waals surface area contributed by atoms with Gasteiger partial charge < -0.3 is 14.8 Å². The number of ether oxygens (including phenoxy) is 2. The number of fused-ring (bicyclic) bond motifs is 1. The lowest BCUT2D eigenvalue weighted by molar-refractivity contribution is -0.142. The van der Waals surface area contributed by atoms with Gasteiger partial charge in [0.05, 0.1) is 26.1 Å². The van der Waals surface area contributed by atoms with Crippen LogP contribution in [0, 0.1) is 0 Å². The number of nitrogens with one attached hydrogen (secondary N) is 1. The number of aromatic nitrogens is 4. The average molecular weight is 522 g/mol. The van der Waals surface area contributed by atoms with E-state index in [0.717, 1.165) is 12.3 Å². The van der Waals surface area contributed by atoms with Crippen LogP contribution < -0.4 is 14.8 Å². The molecule has 12 heteroatoms. The summed E-state index contributed by atoms with van der Waals surface area (Å²) < 4.78 is 53.2. The summed E-state index contributed by atoms with van der Waals surface area (Å²) in [5, 5.41) is 6.29. The Bertz CT molecular complexity index is 1340. The molecular formula is C21H15BrF3N5O3. The smallest absolute Gasteiger partial charge is 0.433 e. The van der Waals surface area contributed by atoms with Crippen molar-refractivity contribution in [1.82, 2.24) is 19.6 Å². The molecule has 0 saturated heterocycles. The lowest BCUT2D eigenvalue weighted by Crippen LogP contribution is -2.16. The topological polar surface area (TPSA) is 90.6 Å². The minimum atomic E-state index is -4.75. The van der Waals surface area contributed by atoms with Gasteiger partial charge in [0.25, 0.3) is 5.91 Å². The molecule has 0 aliphatic carbocycles. The number of hydrogen-bond acceptors (Lipinski definition) is 6. The van der Waals surface area contributed by atoms with Crippen LogP contribution in [0.4, 0.5) is 19.0 Å². The van der Waals surface area contributed by atoms with Gasteiger partial charge in [0.15, 0.2) is 22.8 Å². The Balaban J connectivity index is 1.84. The second kappa shape index (κ2) is 8.70. The minimum Gasteiger partial charge on any atom is -0.493 e. The molecule has 0 unspecified atom stereocenters. The van der Waals surface area contributed by atoms with E-state index in [1.807, 2.05) is 0 Å². The summed E-state index contributed by atoms with van der Waals surface area (Å²) in [6.07, 6.45) is -2.25. The quantitative estimate of drug-likeness (QED) is 0.404. The van der Waals surface area contributed by atoms with Crippen LogP contribution in [0.2, 0.25) is 0 Å². The van der Waals surface area contributed by atoms with E-state index in [1.165, 1.54) is 32.5 Å². The molecule has 1 N–H and O–H groups in total. The van der Waals surface area contributed by atoms with E-state index in [1.54, 1.807) is 18.2 Å². The summed E-state index contributed by atoms with van der Waals surface area (Å²) in [4.78, 5) is 21.1. The first-order valence-electron chi connectivity index (χ1n) is 9.32. The van der Waals surface area contributed by atoms with E-state index >= 15 is 0 Å². The van der Waals surface area contributed by atoms with Gasteiger partial charge in [-0.3, -0.25) is 4.79 Å². The average Bonchev–Trinajstić information content (AvgIpc) is 3.22. The molecule has 0 atom stereocenters. The number of halogens is 4. The molecule has 33 heavy (non-hydrogen) atoms. The highest BCUT2D eigenvalue weighted by Crippen LogP contribution is 2.35. The van der Waals surface area contributed by atoms with E-state index in [4.69, 9.17) is 9.47 Å². The number of alkyl halides is 3. The van der Waals surface area contributed by atoms with Crippen molar-refractivity contribution in [2.75, 3.05) is 19.5 Å². The third kappa shape index (κ3) is 4.46. The van der Waals surface area contributed by atoms with Crippen molar-refractivity contribution in [3.8, 4) is 22.8 Å². The molecule has 8 nitrogen and oxygen atoms in total. The molecule has 0 bridgehead atoms. The Morgan fingerprint density at radius 3 is 2.45 bits per heavy atom. The van der Waals surface area contributed by atoms with Crippen LogP contribution in [-0.2, 0) is 6.18 Å². The number of carbonyl (C=O) groups excluding carboxylic acids is 1. The lowest BCUT2D eigenvalue weighted by atomic mass is 10.1. The van der Waals surface area contributed by atoms with Crippen molar-refractivity contribution < 1.29 is 27.4 Å². The predicted octanol–water partition coefficient (Wildman–Crippen LogP) is 4.84. The van der Waals surface area contributed by atoms with Crippen molar-refractivity contribution in [3.63, 3.8) is 0 Å². The van der Waals surface area contributed by atoms with Crippen LogP contribution in [-0.4, -0.2) is 39.7 Å². The van der Waals surface area contributed by atoms with Crippen LogP contribution in [0.15, 0.2) is 53.3 Å². The number of rotatable bonds is 5. The number of hydrogen-bond donors (Lipinski definition) is 1. The van der Waals surface area contributed by atoms with Crippen molar-refractivity contribution in [2.24, 2.45) is 0 Å². The molecule has 4 rings (SSSR count). The highest BCUT2D eigenvalue weighted by atomic mass is 79.9. The van der Waals surface area contributed by atoms with Gasteiger partial charge in [0.1, 0.15) is 11.4 Å². The zero-order valence-electron chi connectivity index (χ0n) is 17.1. The third-order valence-corrected chi connectivity index (χ3v) is 5.12. The minimum absolute atomic E-state index is 0.0212. The first-order chi connectivity index (χ1) is 15.7. The van der Waals surface area contributed by atoms with Crippen LogP contribution in [0.5, 0.6) is 11.5 Å². The summed E-state index contributed by atoms with van der Waals surface area (Å²) in [6, 6.07) is 8.66. The number of methoxy groups -OCH3 is 2. The van der Waals surface area contributed by atoms with Gasteiger partial charge in [-0.2, -0.15) is 18.3 Å². The molecule has 0 radical (unpaired) electrons. The van der Waals surface area contributed by atoms with E-state index in [-0.39, 0.29) is 22.7 Å². The summed E-state index contributed by atoms with van der Waals surface area (Å²) in [5.74, 6) is 0.238. The molecule has 3 aromatic heterocycles. The van der Waals surface area contributed by atoms with E-state index in [2.05, 4.69) is 36.3 Å². The van der Waals surface area contributed by atoms with Crippen molar-refractivity contribution in [1.29, 1.82) is 0 Å². The maximum absolute atomic E-state index is 13.8. The van der Waals surface area contributed by atoms with Crippen molar-refractivity contribution in [2.45, 2.75) is 6.18 Å². The molecule has 0 aliphatic heterocycles. The van der Waals surface area contributed by atoms with Crippen LogP contribution in [0.3, 0.4) is 0 Å². The SMILES string of the molecule is COc1ccc(-c2cc(C(F)(F)F)n3ncc(C(=O)Nc4ccc(Br)cn4)c3n2)cc1OC. The van der Waals surface area contributed by atoms with Gasteiger partial charge in [-0.05, 0) is 52.3 Å². The fourth-order valence-electron chi connectivity index (χ4n) is 3.10. The highest BCUT2D eigenvalue weighted by Gasteiger charge is 2.36. The molecule has 0 saturated carbocycles. The van der Waals surface area contributed by atoms with Crippen molar-refractivity contribution in [3.05, 3.63) is 64.5 Å². The number of nitrogens with zero attached hydrogens (tertiary/aromatic N) is 4. The zero-order chi connectivity index (χ0) is 23.8. The van der Waals surface area contributed by atoms with E-state index in [0.29, 0.717) is 26.1 Å². The number of pyridine rings is 1. The number of anilines is 1. The number of benzene rings is 1. The Morgan fingerprint density at radius 1 is 1.06 bits per heavy atom. The van der Waals surface area contributed by atoms with Crippen LogP contribution in [0.1, 0.15) is 16.1 Å². The Kier molecular flexibility index (Phi) is 5.93. The summed E-state index contributed by atoms with van der Waals surface area (Å²) in [6.45, 7) is 0. The molecule has 0 spiro atoms. The largest absolute Gasteiger partial charge is 0.493 e. The van der Waals surface area contributed by atoms with E-state index < -0.39 is 17.8 Å². The molecule has 4 aromatic rings. The summed E-state index contributed by atoms with van der Waals surface area (Å²) in [5.41, 5.74) is -1.18. The first-order valence-corrected chi connectivity index (χ1v) is 10.1. The third-order valence-electron chi connectivity index (χ3n) is 4.66. The molecule has 1 amide bonds. The van der Waals surface area contributed by atoms with Gasteiger partial charge >= 0.3 is 6.18 Å². The van der Waals surface area contributed by atoms with Crippen LogP contribution in [0.25, 0.3) is 16.9 Å². The Labute approximate surface area is 193 Å². The lowest BCUT2D eigenvalue weighted by Gasteiger charge is -2.13. The van der Waals surface area contributed by atoms with Gasteiger partial charge in [0, 0.05) is 16.2 Å². The second-order valence-corrected chi connectivity index (χ2v) is 7.62. The molecule has 0 fully saturated rings. The van der Waals surface area contributed by atoms with Gasteiger partial charge in [-0.25, -0.2) is 14.5 Å². The molecule has 0 aliphatic rings. The van der Waals surface area contributed by atoms with Crippen LogP contribution >= 0.6 is 15.9 Å².